The molecular formula is C17H16BrClF2N4O2. The van der Waals surface area contributed by atoms with Gasteiger partial charge in [0.25, 0.3) is 6.43 Å². The van der Waals surface area contributed by atoms with E-state index >= 15 is 0 Å². The minimum atomic E-state index is -2.53. The quantitative estimate of drug-likeness (QED) is 0.465. The fraction of sp³-hybridized carbons (Fsp3) is 0.353. The molecule has 3 heterocycles. The molecule has 3 rings (SSSR count). The van der Waals surface area contributed by atoms with Gasteiger partial charge in [0.2, 0.25) is 0 Å². The first-order valence-corrected chi connectivity index (χ1v) is 9.23. The Labute approximate surface area is 167 Å². The van der Waals surface area contributed by atoms with E-state index in [-0.39, 0.29) is 13.2 Å². The van der Waals surface area contributed by atoms with Gasteiger partial charge in [-0.2, -0.15) is 5.10 Å². The number of hydrogen-bond donors (Lipinski definition) is 0. The van der Waals surface area contributed by atoms with Crippen LogP contribution >= 0.6 is 27.5 Å². The summed E-state index contributed by atoms with van der Waals surface area (Å²) in [7, 11) is 0. The maximum Gasteiger partial charge on any atom is 0.333 e. The third-order valence-corrected chi connectivity index (χ3v) is 5.27. The second kappa shape index (κ2) is 8.35. The number of cyclic esters (lactones) is 1. The second-order valence-electron chi connectivity index (χ2n) is 6.01. The molecule has 0 aromatic carbocycles. The first-order chi connectivity index (χ1) is 12.8. The SMILES string of the molecule is Cc1nn(CC(F)F)c(CN(Cc2ccc(Cl)nc2)C2=CC(=O)OC2)c1Br. The van der Waals surface area contributed by atoms with Crippen LogP contribution in [0.3, 0.4) is 0 Å². The summed E-state index contributed by atoms with van der Waals surface area (Å²) in [5.41, 5.74) is 2.72. The number of alkyl halides is 2. The molecule has 0 saturated heterocycles. The summed E-state index contributed by atoms with van der Waals surface area (Å²) in [6, 6.07) is 3.48. The van der Waals surface area contributed by atoms with Gasteiger partial charge in [0.15, 0.2) is 0 Å². The minimum Gasteiger partial charge on any atom is -0.456 e. The molecule has 27 heavy (non-hydrogen) atoms. The molecule has 0 N–H and O–H groups in total. The van der Waals surface area contributed by atoms with Crippen LogP contribution in [0.2, 0.25) is 5.15 Å². The van der Waals surface area contributed by atoms with E-state index in [1.54, 1.807) is 19.2 Å². The van der Waals surface area contributed by atoms with E-state index in [2.05, 4.69) is 26.0 Å². The fourth-order valence-corrected chi connectivity index (χ4v) is 3.27. The van der Waals surface area contributed by atoms with Gasteiger partial charge in [0, 0.05) is 18.8 Å². The number of pyridine rings is 1. The highest BCUT2D eigenvalue weighted by Gasteiger charge is 2.24. The van der Waals surface area contributed by atoms with Gasteiger partial charge in [-0.3, -0.25) is 4.68 Å². The normalized spacial score (nSPS) is 13.9. The maximum atomic E-state index is 12.9. The molecule has 0 bridgehead atoms. The monoisotopic (exact) mass is 460 g/mol. The summed E-state index contributed by atoms with van der Waals surface area (Å²) in [6.07, 6.45) is 0.502. The summed E-state index contributed by atoms with van der Waals surface area (Å²) in [5.74, 6) is -0.430. The standard InChI is InChI=1S/C17H16BrClF2N4O2/c1-10-17(18)13(25(23-10)8-15(20)21)7-24(12-4-16(26)27-9-12)6-11-2-3-14(19)22-5-11/h2-5,15H,6-9H2,1H3. The van der Waals surface area contributed by atoms with E-state index in [0.717, 1.165) is 5.56 Å². The van der Waals surface area contributed by atoms with Gasteiger partial charge < -0.3 is 9.64 Å². The zero-order valence-electron chi connectivity index (χ0n) is 14.3. The van der Waals surface area contributed by atoms with Gasteiger partial charge in [-0.15, -0.1) is 0 Å². The van der Waals surface area contributed by atoms with Crippen LogP contribution in [-0.4, -0.2) is 38.7 Å². The zero-order valence-corrected chi connectivity index (χ0v) is 16.7. The Morgan fingerprint density at radius 3 is 2.78 bits per heavy atom. The van der Waals surface area contributed by atoms with Gasteiger partial charge in [0.05, 0.1) is 28.1 Å². The summed E-state index contributed by atoms with van der Waals surface area (Å²) < 4.78 is 32.8. The molecule has 144 valence electrons. The number of nitrogens with zero attached hydrogens (tertiary/aromatic N) is 4. The van der Waals surface area contributed by atoms with Crippen molar-refractivity contribution in [3.8, 4) is 0 Å². The van der Waals surface area contributed by atoms with Gasteiger partial charge in [-0.05, 0) is 34.5 Å². The molecule has 0 unspecified atom stereocenters. The Kier molecular flexibility index (Phi) is 6.11. The van der Waals surface area contributed by atoms with Crippen molar-refractivity contribution in [2.45, 2.75) is 33.0 Å². The Morgan fingerprint density at radius 2 is 2.19 bits per heavy atom. The number of rotatable bonds is 7. The van der Waals surface area contributed by atoms with Crippen molar-refractivity contribution in [2.24, 2.45) is 0 Å². The molecule has 6 nitrogen and oxygen atoms in total. The van der Waals surface area contributed by atoms with Crippen LogP contribution in [0.25, 0.3) is 0 Å². The third-order valence-electron chi connectivity index (χ3n) is 4.02. The van der Waals surface area contributed by atoms with Crippen molar-refractivity contribution >= 4 is 33.5 Å². The lowest BCUT2D eigenvalue weighted by atomic mass is 10.2. The molecule has 1 aliphatic heterocycles. The smallest absolute Gasteiger partial charge is 0.333 e. The highest BCUT2D eigenvalue weighted by molar-refractivity contribution is 9.10. The third kappa shape index (κ3) is 4.84. The Balaban J connectivity index is 1.91. The maximum absolute atomic E-state index is 12.9. The highest BCUT2D eigenvalue weighted by Crippen LogP contribution is 2.26. The molecule has 2 aromatic rings. The average molecular weight is 462 g/mol. The zero-order chi connectivity index (χ0) is 19.6. The number of halogens is 4. The van der Waals surface area contributed by atoms with Crippen LogP contribution in [0.1, 0.15) is 17.0 Å². The van der Waals surface area contributed by atoms with Crippen LogP contribution in [0, 0.1) is 6.92 Å². The van der Waals surface area contributed by atoms with Crippen LogP contribution in [0.15, 0.2) is 34.6 Å². The van der Waals surface area contributed by atoms with Crippen molar-refractivity contribution in [1.29, 1.82) is 0 Å². The minimum absolute atomic E-state index is 0.124. The van der Waals surface area contributed by atoms with Gasteiger partial charge in [0.1, 0.15) is 18.3 Å². The molecule has 0 aliphatic carbocycles. The second-order valence-corrected chi connectivity index (χ2v) is 7.19. The molecule has 10 heteroatoms. The Hall–Kier alpha value is -2.00. The topological polar surface area (TPSA) is 60.2 Å². The van der Waals surface area contributed by atoms with E-state index in [1.807, 2.05) is 11.0 Å². The van der Waals surface area contributed by atoms with Crippen molar-refractivity contribution in [3.05, 3.63) is 56.7 Å². The summed E-state index contributed by atoms with van der Waals surface area (Å²) in [5, 5.41) is 4.55. The lowest BCUT2D eigenvalue weighted by molar-refractivity contribution is -0.135. The van der Waals surface area contributed by atoms with Crippen molar-refractivity contribution in [1.82, 2.24) is 19.7 Å². The lowest BCUT2D eigenvalue weighted by Gasteiger charge is -2.25. The van der Waals surface area contributed by atoms with E-state index < -0.39 is 18.9 Å². The molecule has 2 aromatic heterocycles. The molecule has 0 saturated carbocycles. The molecule has 0 spiro atoms. The molecule has 0 atom stereocenters. The Morgan fingerprint density at radius 1 is 1.41 bits per heavy atom. The predicted molar refractivity (Wildman–Crippen MR) is 98.2 cm³/mol. The summed E-state index contributed by atoms with van der Waals surface area (Å²) >= 11 is 9.26. The van der Waals surface area contributed by atoms with Gasteiger partial charge in [-0.25, -0.2) is 18.6 Å². The molecule has 0 radical (unpaired) electrons. The molecule has 0 fully saturated rings. The summed E-state index contributed by atoms with van der Waals surface area (Å²) in [4.78, 5) is 17.4. The van der Waals surface area contributed by atoms with E-state index in [9.17, 15) is 13.6 Å². The van der Waals surface area contributed by atoms with Gasteiger partial charge >= 0.3 is 5.97 Å². The first kappa shape index (κ1) is 19.8. The van der Waals surface area contributed by atoms with Crippen molar-refractivity contribution < 1.29 is 18.3 Å². The average Bonchev–Trinajstić information content (AvgIpc) is 3.14. The highest BCUT2D eigenvalue weighted by atomic mass is 79.9. The lowest BCUT2D eigenvalue weighted by Crippen LogP contribution is -2.26. The van der Waals surface area contributed by atoms with Crippen LogP contribution < -0.4 is 0 Å². The number of aryl methyl sites for hydroxylation is 1. The van der Waals surface area contributed by atoms with Crippen molar-refractivity contribution in [3.63, 3.8) is 0 Å². The fourth-order valence-electron chi connectivity index (χ4n) is 2.75. The van der Waals surface area contributed by atoms with Crippen molar-refractivity contribution in [2.75, 3.05) is 6.61 Å². The largest absolute Gasteiger partial charge is 0.456 e. The van der Waals surface area contributed by atoms with E-state index in [1.165, 1.54) is 10.8 Å². The van der Waals surface area contributed by atoms with E-state index in [4.69, 9.17) is 16.3 Å². The molecule has 1 aliphatic rings. The number of hydrogen-bond acceptors (Lipinski definition) is 5. The number of ether oxygens (including phenoxy) is 1. The Bertz CT molecular complexity index is 871. The number of carbonyl (C=O) groups excluding carboxylic acids is 1. The van der Waals surface area contributed by atoms with Crippen LogP contribution in [0.4, 0.5) is 8.78 Å². The predicted octanol–water partition coefficient (Wildman–Crippen LogP) is 3.71. The first-order valence-electron chi connectivity index (χ1n) is 8.06. The van der Waals surface area contributed by atoms with E-state index in [0.29, 0.717) is 33.3 Å². The summed E-state index contributed by atoms with van der Waals surface area (Å²) in [6.45, 7) is 2.02. The number of carbonyl (C=O) groups is 1. The number of esters is 1. The van der Waals surface area contributed by atoms with Crippen LogP contribution in [-0.2, 0) is 29.2 Å². The van der Waals surface area contributed by atoms with Gasteiger partial charge in [-0.1, -0.05) is 17.7 Å². The number of aromatic nitrogens is 3. The van der Waals surface area contributed by atoms with Crippen LogP contribution in [0.5, 0.6) is 0 Å². The molecule has 0 amide bonds. The molecular weight excluding hydrogens is 446 g/mol.